The fraction of sp³-hybridized carbons (Fsp3) is 0.455. The number of hydrogen-bond acceptors (Lipinski definition) is 6. The van der Waals surface area contributed by atoms with E-state index >= 15 is 0 Å². The summed E-state index contributed by atoms with van der Waals surface area (Å²) in [6.07, 6.45) is -4.29. The van der Waals surface area contributed by atoms with E-state index in [-0.39, 0.29) is 5.75 Å². The average Bonchev–Trinajstić information content (AvgIpc) is 2.60. The maximum atomic E-state index is 9.61. The van der Waals surface area contributed by atoms with Crippen LogP contribution in [0.2, 0.25) is 0 Å². The van der Waals surface area contributed by atoms with Crippen LogP contribution in [0, 0.1) is 0 Å². The highest BCUT2D eigenvalue weighted by atomic mass is 16.7. The lowest BCUT2D eigenvalue weighted by Gasteiger charge is -2.16. The fourth-order valence-corrected chi connectivity index (χ4v) is 1.62. The number of phenols is 1. The van der Waals surface area contributed by atoms with Crippen LogP contribution in [-0.4, -0.2) is 51.6 Å². The Morgan fingerprint density at radius 2 is 1.76 bits per heavy atom. The molecular weight excluding hydrogens is 228 g/mol. The summed E-state index contributed by atoms with van der Waals surface area (Å²) in [5, 5.41) is 37.1. The van der Waals surface area contributed by atoms with Crippen molar-refractivity contribution in [3.63, 3.8) is 0 Å². The van der Waals surface area contributed by atoms with Crippen LogP contribution in [0.4, 0.5) is 0 Å². The molecule has 17 heavy (non-hydrogen) atoms. The summed E-state index contributed by atoms with van der Waals surface area (Å²) in [4.78, 5) is 0. The van der Waals surface area contributed by atoms with Crippen molar-refractivity contribution in [1.82, 2.24) is 0 Å². The van der Waals surface area contributed by atoms with Gasteiger partial charge in [-0.2, -0.15) is 0 Å². The molecule has 0 bridgehead atoms. The van der Waals surface area contributed by atoms with Crippen LogP contribution in [-0.2, 0) is 4.74 Å². The molecule has 0 spiro atoms. The van der Waals surface area contributed by atoms with Crippen LogP contribution >= 0.6 is 0 Å². The van der Waals surface area contributed by atoms with E-state index in [0.29, 0.717) is 5.75 Å². The third kappa shape index (κ3) is 2.50. The molecule has 6 nitrogen and oxygen atoms in total. The zero-order valence-corrected chi connectivity index (χ0v) is 8.93. The Kier molecular flexibility index (Phi) is 3.49. The van der Waals surface area contributed by atoms with Crippen molar-refractivity contribution in [3.05, 3.63) is 24.3 Å². The Morgan fingerprint density at radius 1 is 1.12 bits per heavy atom. The van der Waals surface area contributed by atoms with Crippen LogP contribution < -0.4 is 4.74 Å². The second-order valence-corrected chi connectivity index (χ2v) is 3.82. The quantitative estimate of drug-likeness (QED) is 0.554. The normalized spacial score (nSPS) is 32.6. The smallest absolute Gasteiger partial charge is 0.229 e. The van der Waals surface area contributed by atoms with Gasteiger partial charge in [-0.25, -0.2) is 0 Å². The van der Waals surface area contributed by atoms with Crippen molar-refractivity contribution >= 4 is 0 Å². The van der Waals surface area contributed by atoms with Crippen molar-refractivity contribution in [2.45, 2.75) is 24.6 Å². The molecule has 1 heterocycles. The Morgan fingerprint density at radius 3 is 2.29 bits per heavy atom. The van der Waals surface area contributed by atoms with Gasteiger partial charge in [0.1, 0.15) is 29.8 Å². The number of ether oxygens (including phenoxy) is 2. The van der Waals surface area contributed by atoms with Crippen molar-refractivity contribution in [3.8, 4) is 11.5 Å². The minimum Gasteiger partial charge on any atom is -0.508 e. The SMILES string of the molecule is OC[C@H]1O[C@H](Oc2ccc(O)cc2)[C@@H](O)[C@@H]1O. The molecule has 1 fully saturated rings. The van der Waals surface area contributed by atoms with Crippen LogP contribution in [0.25, 0.3) is 0 Å². The highest BCUT2D eigenvalue weighted by molar-refractivity contribution is 5.30. The largest absolute Gasteiger partial charge is 0.508 e. The molecule has 0 saturated carbocycles. The van der Waals surface area contributed by atoms with Gasteiger partial charge in [-0.15, -0.1) is 0 Å². The topological polar surface area (TPSA) is 99.4 Å². The van der Waals surface area contributed by atoms with Gasteiger partial charge in [-0.3, -0.25) is 0 Å². The maximum absolute atomic E-state index is 9.61. The molecular formula is C11H14O6. The van der Waals surface area contributed by atoms with Gasteiger partial charge in [-0.05, 0) is 24.3 Å². The van der Waals surface area contributed by atoms with Gasteiger partial charge in [0.25, 0.3) is 0 Å². The lowest BCUT2D eigenvalue weighted by molar-refractivity contribution is -0.116. The molecule has 1 aromatic rings. The van der Waals surface area contributed by atoms with Gasteiger partial charge in [0.05, 0.1) is 6.61 Å². The molecule has 94 valence electrons. The highest BCUT2D eigenvalue weighted by Gasteiger charge is 2.43. The molecule has 4 N–H and O–H groups in total. The molecule has 2 rings (SSSR count). The Hall–Kier alpha value is -1.34. The number of phenolic OH excluding ortho intramolecular Hbond substituents is 1. The summed E-state index contributed by atoms with van der Waals surface area (Å²) in [6, 6.07) is 5.86. The summed E-state index contributed by atoms with van der Waals surface area (Å²) in [7, 11) is 0. The third-order valence-corrected chi connectivity index (χ3v) is 2.59. The van der Waals surface area contributed by atoms with E-state index < -0.39 is 31.2 Å². The van der Waals surface area contributed by atoms with Crippen LogP contribution in [0.3, 0.4) is 0 Å². The predicted octanol–water partition coefficient (Wildman–Crippen LogP) is -0.790. The Balaban J connectivity index is 2.02. The second-order valence-electron chi connectivity index (χ2n) is 3.82. The van der Waals surface area contributed by atoms with Gasteiger partial charge in [0, 0.05) is 0 Å². The zero-order valence-electron chi connectivity index (χ0n) is 8.93. The van der Waals surface area contributed by atoms with Crippen molar-refractivity contribution < 1.29 is 29.9 Å². The first kappa shape index (κ1) is 12.1. The van der Waals surface area contributed by atoms with Crippen molar-refractivity contribution in [2.75, 3.05) is 6.61 Å². The zero-order chi connectivity index (χ0) is 12.4. The first-order valence-electron chi connectivity index (χ1n) is 5.20. The molecule has 1 aliphatic rings. The molecule has 0 aliphatic carbocycles. The summed E-state index contributed by atoms with van der Waals surface area (Å²) >= 11 is 0. The molecule has 0 unspecified atom stereocenters. The first-order valence-corrected chi connectivity index (χ1v) is 5.20. The van der Waals surface area contributed by atoms with E-state index in [9.17, 15) is 10.2 Å². The van der Waals surface area contributed by atoms with Crippen LogP contribution in [0.5, 0.6) is 11.5 Å². The van der Waals surface area contributed by atoms with Crippen molar-refractivity contribution in [2.24, 2.45) is 0 Å². The molecule has 0 aromatic heterocycles. The molecule has 0 radical (unpaired) electrons. The van der Waals surface area contributed by atoms with E-state index in [1.807, 2.05) is 0 Å². The predicted molar refractivity (Wildman–Crippen MR) is 56.5 cm³/mol. The van der Waals surface area contributed by atoms with E-state index in [4.69, 9.17) is 19.7 Å². The lowest BCUT2D eigenvalue weighted by Crippen LogP contribution is -2.35. The Labute approximate surface area is 97.7 Å². The molecule has 1 aromatic carbocycles. The molecule has 4 atom stereocenters. The molecule has 0 amide bonds. The molecule has 6 heteroatoms. The fourth-order valence-electron chi connectivity index (χ4n) is 1.62. The van der Waals surface area contributed by atoms with Crippen LogP contribution in [0.15, 0.2) is 24.3 Å². The monoisotopic (exact) mass is 242 g/mol. The third-order valence-electron chi connectivity index (χ3n) is 2.59. The average molecular weight is 242 g/mol. The van der Waals surface area contributed by atoms with Gasteiger partial charge < -0.3 is 29.9 Å². The van der Waals surface area contributed by atoms with Gasteiger partial charge in [0.2, 0.25) is 6.29 Å². The summed E-state index contributed by atoms with van der Waals surface area (Å²) in [5.74, 6) is 0.483. The number of aliphatic hydroxyl groups is 3. The summed E-state index contributed by atoms with van der Waals surface area (Å²) < 4.78 is 10.4. The van der Waals surface area contributed by atoms with E-state index in [1.165, 1.54) is 24.3 Å². The van der Waals surface area contributed by atoms with Crippen LogP contribution in [0.1, 0.15) is 0 Å². The summed E-state index contributed by atoms with van der Waals surface area (Å²) in [6.45, 7) is -0.395. The maximum Gasteiger partial charge on any atom is 0.229 e. The number of hydrogen-bond donors (Lipinski definition) is 4. The summed E-state index contributed by atoms with van der Waals surface area (Å²) in [5.41, 5.74) is 0. The number of benzene rings is 1. The number of aromatic hydroxyl groups is 1. The van der Waals surface area contributed by atoms with E-state index in [0.717, 1.165) is 0 Å². The minimum absolute atomic E-state index is 0.0958. The number of rotatable bonds is 3. The van der Waals surface area contributed by atoms with Crippen molar-refractivity contribution in [1.29, 1.82) is 0 Å². The standard InChI is InChI=1S/C11H14O6/c12-5-8-9(14)10(15)11(17-8)16-7-3-1-6(13)2-4-7/h1-4,8-15H,5H2/t8-,9-,10+,11+/m1/s1. The minimum atomic E-state index is -1.22. The lowest BCUT2D eigenvalue weighted by atomic mass is 10.1. The molecule has 1 aliphatic heterocycles. The second kappa shape index (κ2) is 4.89. The number of aliphatic hydroxyl groups excluding tert-OH is 3. The molecule has 1 saturated heterocycles. The first-order chi connectivity index (χ1) is 8.11. The Bertz CT molecular complexity index is 365. The van der Waals surface area contributed by atoms with E-state index in [2.05, 4.69) is 0 Å². The highest BCUT2D eigenvalue weighted by Crippen LogP contribution is 2.25. The van der Waals surface area contributed by atoms with Gasteiger partial charge >= 0.3 is 0 Å². The van der Waals surface area contributed by atoms with E-state index in [1.54, 1.807) is 0 Å². The van der Waals surface area contributed by atoms with Gasteiger partial charge in [-0.1, -0.05) is 0 Å². The van der Waals surface area contributed by atoms with Gasteiger partial charge in [0.15, 0.2) is 0 Å².